The average molecular weight is 374 g/mol. The van der Waals surface area contributed by atoms with Crippen LogP contribution in [0.1, 0.15) is 79.1 Å². The number of hydrogen-bond donors (Lipinski definition) is 1. The van der Waals surface area contributed by atoms with Gasteiger partial charge in [0, 0.05) is 6.92 Å². The Labute approximate surface area is 163 Å². The van der Waals surface area contributed by atoms with Gasteiger partial charge in [-0.2, -0.15) is 0 Å². The quantitative estimate of drug-likeness (QED) is 0.307. The topological polar surface area (TPSA) is 58.9 Å². The summed E-state index contributed by atoms with van der Waals surface area (Å²) >= 11 is 0. The molecular weight excluding hydrogens is 338 g/mol. The number of carbonyl (C=O) groups is 1. The van der Waals surface area contributed by atoms with Gasteiger partial charge in [-0.1, -0.05) is 25.1 Å². The molecule has 0 saturated heterocycles. The molecule has 7 atom stereocenters. The van der Waals surface area contributed by atoms with Gasteiger partial charge in [0.1, 0.15) is 6.10 Å². The van der Waals surface area contributed by atoms with Gasteiger partial charge in [0.2, 0.25) is 0 Å². The van der Waals surface area contributed by atoms with E-state index in [1.165, 1.54) is 44.6 Å². The van der Waals surface area contributed by atoms with E-state index >= 15 is 0 Å². The summed E-state index contributed by atoms with van der Waals surface area (Å²) in [5, 5.41) is 12.9. The largest absolute Gasteiger partial charge is 0.463 e. The molecule has 4 nitrogen and oxygen atoms in total. The van der Waals surface area contributed by atoms with Crippen LogP contribution in [0.15, 0.2) is 16.8 Å². The van der Waals surface area contributed by atoms with E-state index in [-0.39, 0.29) is 17.5 Å². The standard InChI is InChI=1S/C23H35NO3/c1-14(24-26)19-7-8-20-18-6-5-16-13-17(27-15(2)25)9-11-22(16,3)21(18)10-12-23(19,20)4/h7,16-18,20-21,26H,5-6,8-13H2,1-4H3/b24-14-/t16-,17+,18+,20+,21+,22-,23+/m0/s1. The lowest BCUT2D eigenvalue weighted by molar-refractivity contribution is -0.158. The van der Waals surface area contributed by atoms with Crippen molar-refractivity contribution in [1.82, 2.24) is 0 Å². The van der Waals surface area contributed by atoms with E-state index in [9.17, 15) is 10.0 Å². The molecule has 4 aliphatic rings. The zero-order chi connectivity index (χ0) is 19.4. The van der Waals surface area contributed by atoms with Crippen molar-refractivity contribution < 1.29 is 14.7 Å². The molecule has 0 radical (unpaired) electrons. The van der Waals surface area contributed by atoms with Crippen molar-refractivity contribution in [1.29, 1.82) is 0 Å². The highest BCUT2D eigenvalue weighted by Gasteiger charge is 2.59. The van der Waals surface area contributed by atoms with E-state index in [1.807, 2.05) is 6.92 Å². The van der Waals surface area contributed by atoms with Crippen molar-refractivity contribution in [3.8, 4) is 0 Å². The molecule has 27 heavy (non-hydrogen) atoms. The van der Waals surface area contributed by atoms with Crippen molar-refractivity contribution in [2.45, 2.75) is 85.2 Å². The van der Waals surface area contributed by atoms with Crippen LogP contribution in [-0.4, -0.2) is 23.0 Å². The van der Waals surface area contributed by atoms with Gasteiger partial charge in [-0.3, -0.25) is 4.79 Å². The molecule has 150 valence electrons. The maximum absolute atomic E-state index is 11.4. The molecule has 0 heterocycles. The third-order valence-corrected chi connectivity index (χ3v) is 9.07. The monoisotopic (exact) mass is 373 g/mol. The summed E-state index contributed by atoms with van der Waals surface area (Å²) in [7, 11) is 0. The molecule has 0 unspecified atom stereocenters. The SMILES string of the molecule is CC(=O)O[C@@H]1CC[C@@]2(C)[C@@H](CC[C@H]3[C@H]2CC[C@]2(C)C(/C(C)=N\O)=CC[C@H]32)C1. The van der Waals surface area contributed by atoms with Crippen LogP contribution in [0.2, 0.25) is 0 Å². The molecule has 3 fully saturated rings. The number of rotatable bonds is 2. The Balaban J connectivity index is 1.54. The smallest absolute Gasteiger partial charge is 0.302 e. The van der Waals surface area contributed by atoms with Gasteiger partial charge >= 0.3 is 5.97 Å². The molecule has 4 aliphatic carbocycles. The predicted molar refractivity (Wildman–Crippen MR) is 106 cm³/mol. The number of allylic oxidation sites excluding steroid dienone is 2. The number of carbonyl (C=O) groups excluding carboxylic acids is 1. The molecule has 4 rings (SSSR count). The summed E-state index contributed by atoms with van der Waals surface area (Å²) < 4.78 is 5.58. The van der Waals surface area contributed by atoms with Crippen LogP contribution in [0, 0.1) is 34.5 Å². The summed E-state index contributed by atoms with van der Waals surface area (Å²) in [5.41, 5.74) is 2.67. The maximum atomic E-state index is 11.4. The fraction of sp³-hybridized carbons (Fsp3) is 0.826. The first-order valence-corrected chi connectivity index (χ1v) is 10.9. The molecule has 0 aromatic heterocycles. The molecule has 0 spiro atoms. The molecule has 3 saturated carbocycles. The molecule has 0 aromatic rings. The fourth-order valence-electron chi connectivity index (χ4n) is 7.74. The average Bonchev–Trinajstić information content (AvgIpc) is 2.98. The summed E-state index contributed by atoms with van der Waals surface area (Å²) in [6, 6.07) is 0. The van der Waals surface area contributed by atoms with Crippen LogP contribution in [0.5, 0.6) is 0 Å². The molecular formula is C23H35NO3. The van der Waals surface area contributed by atoms with Crippen molar-refractivity contribution in [3.63, 3.8) is 0 Å². The lowest BCUT2D eigenvalue weighted by Crippen LogP contribution is -2.54. The summed E-state index contributed by atoms with van der Waals surface area (Å²) in [4.78, 5) is 11.4. The van der Waals surface area contributed by atoms with Gasteiger partial charge in [-0.15, -0.1) is 0 Å². The fourth-order valence-corrected chi connectivity index (χ4v) is 7.74. The highest BCUT2D eigenvalue weighted by atomic mass is 16.5. The first-order chi connectivity index (χ1) is 12.8. The number of ether oxygens (including phenoxy) is 1. The minimum Gasteiger partial charge on any atom is -0.463 e. The molecule has 0 amide bonds. The number of oxime groups is 1. The third-order valence-electron chi connectivity index (χ3n) is 9.07. The zero-order valence-electron chi connectivity index (χ0n) is 17.3. The molecule has 0 bridgehead atoms. The third kappa shape index (κ3) is 2.86. The number of esters is 1. The summed E-state index contributed by atoms with van der Waals surface area (Å²) in [5.74, 6) is 2.81. The van der Waals surface area contributed by atoms with E-state index < -0.39 is 0 Å². The second kappa shape index (κ2) is 6.63. The maximum Gasteiger partial charge on any atom is 0.302 e. The van der Waals surface area contributed by atoms with E-state index in [1.54, 1.807) is 0 Å². The normalized spacial score (nSPS) is 46.7. The van der Waals surface area contributed by atoms with Crippen molar-refractivity contribution in [2.24, 2.45) is 39.7 Å². The van der Waals surface area contributed by atoms with Crippen LogP contribution in [-0.2, 0) is 9.53 Å². The molecule has 0 aliphatic heterocycles. The molecule has 1 N–H and O–H groups in total. The van der Waals surface area contributed by atoms with E-state index in [4.69, 9.17) is 4.74 Å². The second-order valence-corrected chi connectivity index (χ2v) is 10.2. The highest BCUT2D eigenvalue weighted by Crippen LogP contribution is 2.66. The Morgan fingerprint density at radius 3 is 2.63 bits per heavy atom. The molecule has 0 aromatic carbocycles. The predicted octanol–water partition coefficient (Wildman–Crippen LogP) is 5.35. The minimum absolute atomic E-state index is 0.129. The Kier molecular flexibility index (Phi) is 4.67. The summed E-state index contributed by atoms with van der Waals surface area (Å²) in [6.07, 6.45) is 11.9. The van der Waals surface area contributed by atoms with Crippen LogP contribution in [0.3, 0.4) is 0 Å². The second-order valence-electron chi connectivity index (χ2n) is 10.2. The van der Waals surface area contributed by atoms with Crippen LogP contribution in [0.4, 0.5) is 0 Å². The van der Waals surface area contributed by atoms with Crippen molar-refractivity contribution in [2.75, 3.05) is 0 Å². The van der Waals surface area contributed by atoms with Gasteiger partial charge in [0.15, 0.2) is 0 Å². The van der Waals surface area contributed by atoms with Crippen molar-refractivity contribution >= 4 is 11.7 Å². The van der Waals surface area contributed by atoms with E-state index in [0.29, 0.717) is 17.3 Å². The van der Waals surface area contributed by atoms with Gasteiger partial charge in [0.05, 0.1) is 5.71 Å². The van der Waals surface area contributed by atoms with Crippen LogP contribution >= 0.6 is 0 Å². The van der Waals surface area contributed by atoms with Gasteiger partial charge in [-0.05, 0) is 98.4 Å². The summed E-state index contributed by atoms with van der Waals surface area (Å²) in [6.45, 7) is 8.42. The minimum atomic E-state index is -0.129. The Morgan fingerprint density at radius 1 is 1.15 bits per heavy atom. The first-order valence-electron chi connectivity index (χ1n) is 10.9. The number of fused-ring (bicyclic) bond motifs is 5. The van der Waals surface area contributed by atoms with E-state index in [2.05, 4.69) is 25.1 Å². The number of hydrogen-bond acceptors (Lipinski definition) is 4. The Bertz CT molecular complexity index is 683. The first kappa shape index (κ1) is 19.0. The Morgan fingerprint density at radius 2 is 1.93 bits per heavy atom. The van der Waals surface area contributed by atoms with Gasteiger partial charge in [-0.25, -0.2) is 0 Å². The van der Waals surface area contributed by atoms with Gasteiger partial charge < -0.3 is 9.94 Å². The van der Waals surface area contributed by atoms with Crippen LogP contribution in [0.25, 0.3) is 0 Å². The molecule has 4 heteroatoms. The zero-order valence-corrected chi connectivity index (χ0v) is 17.3. The Hall–Kier alpha value is -1.32. The van der Waals surface area contributed by atoms with Gasteiger partial charge in [0.25, 0.3) is 0 Å². The highest BCUT2D eigenvalue weighted by molar-refractivity contribution is 5.99. The lowest BCUT2D eigenvalue weighted by Gasteiger charge is -2.60. The van der Waals surface area contributed by atoms with E-state index in [0.717, 1.165) is 36.8 Å². The lowest BCUT2D eigenvalue weighted by atomic mass is 9.44. The van der Waals surface area contributed by atoms with Crippen molar-refractivity contribution in [3.05, 3.63) is 11.6 Å². The van der Waals surface area contributed by atoms with Crippen LogP contribution < -0.4 is 0 Å². The number of nitrogens with zero attached hydrogens (tertiary/aromatic N) is 1.